The second-order valence-electron chi connectivity index (χ2n) is 9.41. The summed E-state index contributed by atoms with van der Waals surface area (Å²) in [5.41, 5.74) is 13.4. The maximum absolute atomic E-state index is 9.82. The predicted octanol–water partition coefficient (Wildman–Crippen LogP) is 3.41. The molecular weight excluding hydrogens is 392 g/mol. The maximum atomic E-state index is 9.82. The summed E-state index contributed by atoms with van der Waals surface area (Å²) in [5, 5.41) is 23.2. The molecule has 0 saturated heterocycles. The molecule has 0 aliphatic heterocycles. The van der Waals surface area contributed by atoms with Gasteiger partial charge >= 0.3 is 0 Å². The fourth-order valence-electron chi connectivity index (χ4n) is 4.50. The van der Waals surface area contributed by atoms with Crippen LogP contribution in [0.5, 0.6) is 0 Å². The summed E-state index contributed by atoms with van der Waals surface area (Å²) in [4.78, 5) is 9.06. The van der Waals surface area contributed by atoms with Gasteiger partial charge in [0.25, 0.3) is 5.89 Å². The van der Waals surface area contributed by atoms with Gasteiger partial charge in [-0.05, 0) is 78.5 Å². The van der Waals surface area contributed by atoms with Gasteiger partial charge in [-0.25, -0.2) is 4.98 Å². The molecule has 7 heteroatoms. The first-order valence-corrected chi connectivity index (χ1v) is 10.7. The van der Waals surface area contributed by atoms with E-state index in [9.17, 15) is 5.11 Å². The Morgan fingerprint density at radius 1 is 1.19 bits per heavy atom. The van der Waals surface area contributed by atoms with Gasteiger partial charge in [0, 0.05) is 18.2 Å². The number of hydrogen-bond acceptors (Lipinski definition) is 7. The Morgan fingerprint density at radius 3 is 2.58 bits per heavy atom. The third kappa shape index (κ3) is 4.20. The van der Waals surface area contributed by atoms with Crippen molar-refractivity contribution in [2.75, 3.05) is 12.3 Å². The Kier molecular flexibility index (Phi) is 5.58. The number of hydrogen-bond donors (Lipinski definition) is 3. The molecule has 1 aromatic carbocycles. The van der Waals surface area contributed by atoms with Gasteiger partial charge in [-0.15, -0.1) is 0 Å². The van der Waals surface area contributed by atoms with Crippen molar-refractivity contribution in [3.8, 4) is 22.8 Å². The minimum Gasteiger partial charge on any atom is -0.394 e. The van der Waals surface area contributed by atoms with Crippen LogP contribution in [0.15, 0.2) is 22.9 Å². The van der Waals surface area contributed by atoms with Gasteiger partial charge in [0.15, 0.2) is 0 Å². The number of nitrogens with two attached hydrogens (primary N) is 1. The highest BCUT2D eigenvalue weighted by atomic mass is 16.5. The van der Waals surface area contributed by atoms with Crippen LogP contribution in [0.4, 0.5) is 5.82 Å². The average Bonchev–Trinajstić information content (AvgIpc) is 3.20. The number of aliphatic hydroxyl groups excluding tert-OH is 2. The fourth-order valence-corrected chi connectivity index (χ4v) is 4.50. The van der Waals surface area contributed by atoms with Gasteiger partial charge in [-0.2, -0.15) is 4.98 Å². The summed E-state index contributed by atoms with van der Waals surface area (Å²) in [6.07, 6.45) is 4.23. The SMILES string of the molecule is Cc1cc(-c2noc(-c3cnc(N)c4c3CCC(C)(C)C4)n2)cc(C)c1CC(O)CO. The zero-order valence-electron chi connectivity index (χ0n) is 18.6. The van der Waals surface area contributed by atoms with Crippen molar-refractivity contribution in [2.24, 2.45) is 5.41 Å². The topological polar surface area (TPSA) is 118 Å². The maximum Gasteiger partial charge on any atom is 0.260 e. The minimum atomic E-state index is -0.769. The quantitative estimate of drug-likeness (QED) is 0.576. The second-order valence-corrected chi connectivity index (χ2v) is 9.41. The molecule has 164 valence electrons. The first kappa shape index (κ1) is 21.5. The molecule has 3 aromatic rings. The van der Waals surface area contributed by atoms with Gasteiger partial charge in [0.2, 0.25) is 5.82 Å². The highest BCUT2D eigenvalue weighted by Gasteiger charge is 2.30. The third-order valence-corrected chi connectivity index (χ3v) is 6.30. The molecule has 0 spiro atoms. The van der Waals surface area contributed by atoms with E-state index in [1.54, 1.807) is 6.20 Å². The minimum absolute atomic E-state index is 0.196. The number of pyridine rings is 1. The van der Waals surface area contributed by atoms with Gasteiger partial charge in [-0.1, -0.05) is 19.0 Å². The average molecular weight is 423 g/mol. The largest absolute Gasteiger partial charge is 0.394 e. The Morgan fingerprint density at radius 2 is 1.90 bits per heavy atom. The molecule has 0 bridgehead atoms. The Balaban J connectivity index is 1.69. The van der Waals surface area contributed by atoms with Crippen LogP contribution in [0.3, 0.4) is 0 Å². The molecule has 31 heavy (non-hydrogen) atoms. The third-order valence-electron chi connectivity index (χ3n) is 6.30. The number of anilines is 1. The summed E-state index contributed by atoms with van der Waals surface area (Å²) in [7, 11) is 0. The number of rotatable bonds is 5. The molecule has 1 aliphatic rings. The molecule has 1 atom stereocenters. The van der Waals surface area contributed by atoms with E-state index in [4.69, 9.17) is 15.4 Å². The van der Waals surface area contributed by atoms with E-state index < -0.39 is 6.10 Å². The number of benzene rings is 1. The molecule has 0 amide bonds. The van der Waals surface area contributed by atoms with Crippen LogP contribution in [0.1, 0.15) is 48.1 Å². The Hall–Kier alpha value is -2.77. The monoisotopic (exact) mass is 422 g/mol. The predicted molar refractivity (Wildman–Crippen MR) is 119 cm³/mol. The number of nitrogen functional groups attached to an aromatic ring is 1. The number of aliphatic hydroxyl groups is 2. The van der Waals surface area contributed by atoms with Crippen LogP contribution in [0, 0.1) is 19.3 Å². The van der Waals surface area contributed by atoms with Crippen molar-refractivity contribution in [3.05, 3.63) is 46.1 Å². The molecule has 0 saturated carbocycles. The molecular formula is C24H30N4O3. The van der Waals surface area contributed by atoms with E-state index in [2.05, 4.69) is 29.0 Å². The van der Waals surface area contributed by atoms with Crippen molar-refractivity contribution >= 4 is 5.82 Å². The van der Waals surface area contributed by atoms with Crippen molar-refractivity contribution in [3.63, 3.8) is 0 Å². The van der Waals surface area contributed by atoms with Crippen LogP contribution in [-0.4, -0.2) is 38.0 Å². The van der Waals surface area contributed by atoms with E-state index in [1.165, 1.54) is 0 Å². The summed E-state index contributed by atoms with van der Waals surface area (Å²) < 4.78 is 5.64. The van der Waals surface area contributed by atoms with Gasteiger partial charge in [-0.3, -0.25) is 0 Å². The molecule has 1 unspecified atom stereocenters. The van der Waals surface area contributed by atoms with Crippen LogP contribution in [0.2, 0.25) is 0 Å². The van der Waals surface area contributed by atoms with Gasteiger partial charge < -0.3 is 20.5 Å². The molecule has 1 aliphatic carbocycles. The lowest BCUT2D eigenvalue weighted by molar-refractivity contribution is 0.0953. The first-order chi connectivity index (χ1) is 14.7. The van der Waals surface area contributed by atoms with E-state index in [1.807, 2.05) is 26.0 Å². The van der Waals surface area contributed by atoms with Crippen LogP contribution in [-0.2, 0) is 19.3 Å². The summed E-state index contributed by atoms with van der Waals surface area (Å²) in [6, 6.07) is 3.97. The molecule has 4 rings (SSSR count). The molecule has 2 aromatic heterocycles. The molecule has 0 fully saturated rings. The lowest BCUT2D eigenvalue weighted by atomic mass is 9.73. The number of nitrogens with zero attached hydrogens (tertiary/aromatic N) is 3. The highest BCUT2D eigenvalue weighted by Crippen LogP contribution is 2.40. The Bertz CT molecular complexity index is 1100. The van der Waals surface area contributed by atoms with Crippen LogP contribution >= 0.6 is 0 Å². The summed E-state index contributed by atoms with van der Waals surface area (Å²) in [6.45, 7) is 8.21. The molecule has 4 N–H and O–H groups in total. The Labute approximate surface area is 182 Å². The summed E-state index contributed by atoms with van der Waals surface area (Å²) in [5.74, 6) is 1.55. The number of fused-ring (bicyclic) bond motifs is 1. The number of aryl methyl sites for hydroxylation is 2. The standard InChI is InChI=1S/C24H30N4O3/c1-13-7-15(8-14(2)18(13)9-16(30)12-29)22-27-23(31-28-22)20-11-26-21(25)19-10-24(3,4)6-5-17(19)20/h7-8,11,16,29-30H,5-6,9-10,12H2,1-4H3,(H2,25,26). The van der Waals surface area contributed by atoms with Crippen molar-refractivity contribution in [1.29, 1.82) is 0 Å². The van der Waals surface area contributed by atoms with Crippen molar-refractivity contribution in [2.45, 2.75) is 59.5 Å². The zero-order valence-corrected chi connectivity index (χ0v) is 18.6. The first-order valence-electron chi connectivity index (χ1n) is 10.7. The smallest absolute Gasteiger partial charge is 0.260 e. The lowest BCUT2D eigenvalue weighted by Gasteiger charge is -2.32. The number of aromatic nitrogens is 3. The normalized spacial score (nSPS) is 16.2. The molecule has 7 nitrogen and oxygen atoms in total. The fraction of sp³-hybridized carbons (Fsp3) is 0.458. The van der Waals surface area contributed by atoms with Crippen LogP contribution in [0.25, 0.3) is 22.8 Å². The summed E-state index contributed by atoms with van der Waals surface area (Å²) >= 11 is 0. The van der Waals surface area contributed by atoms with E-state index >= 15 is 0 Å². The van der Waals surface area contributed by atoms with Gasteiger partial charge in [0.1, 0.15) is 5.82 Å². The van der Waals surface area contributed by atoms with E-state index in [0.717, 1.165) is 58.2 Å². The lowest BCUT2D eigenvalue weighted by Crippen LogP contribution is -2.24. The van der Waals surface area contributed by atoms with Gasteiger partial charge in [0.05, 0.1) is 18.3 Å². The van der Waals surface area contributed by atoms with Crippen molar-refractivity contribution < 1.29 is 14.7 Å². The second kappa shape index (κ2) is 8.05. The van der Waals surface area contributed by atoms with Crippen LogP contribution < -0.4 is 5.73 Å². The highest BCUT2D eigenvalue weighted by molar-refractivity contribution is 5.67. The molecule has 2 heterocycles. The zero-order chi connectivity index (χ0) is 22.3. The molecule has 0 radical (unpaired) electrons. The van der Waals surface area contributed by atoms with E-state index in [0.29, 0.717) is 24.0 Å². The van der Waals surface area contributed by atoms with E-state index in [-0.39, 0.29) is 12.0 Å². The van der Waals surface area contributed by atoms with Crippen molar-refractivity contribution in [1.82, 2.24) is 15.1 Å².